The zero-order chi connectivity index (χ0) is 18.1. The minimum atomic E-state index is -1.67. The van der Waals surface area contributed by atoms with Gasteiger partial charge in [0, 0.05) is 0 Å². The number of halogens is 1. The Morgan fingerprint density at radius 1 is 1.35 bits per heavy atom. The van der Waals surface area contributed by atoms with Crippen LogP contribution in [0.5, 0.6) is 0 Å². The number of nitrogens with one attached hydrogen (secondary N) is 2. The van der Waals surface area contributed by atoms with E-state index in [0.717, 1.165) is 0 Å². The molecule has 0 bridgehead atoms. The summed E-state index contributed by atoms with van der Waals surface area (Å²) in [6, 6.07) is -0.917. The lowest BCUT2D eigenvalue weighted by Gasteiger charge is -2.45. The molecular weight excluding hydrogens is 419 g/mol. The number of esters is 1. The number of methoxy groups -OCH3 is 1. The van der Waals surface area contributed by atoms with Crippen LogP contribution in [0.15, 0.2) is 0 Å². The molecule has 1 rings (SSSR count). The average Bonchev–Trinajstić information content (AvgIpc) is 2.36. The molecule has 0 aromatic rings. The number of amides is 2. The smallest absolute Gasteiger partial charge is 0.410 e. The lowest BCUT2D eigenvalue weighted by Crippen LogP contribution is -2.74. The van der Waals surface area contributed by atoms with E-state index in [1.54, 1.807) is 34.6 Å². The van der Waals surface area contributed by atoms with Crippen LogP contribution in [0.4, 0.5) is 4.79 Å². The van der Waals surface area contributed by atoms with E-state index in [-0.39, 0.29) is 6.61 Å². The van der Waals surface area contributed by atoms with Gasteiger partial charge >= 0.3 is 12.1 Å². The van der Waals surface area contributed by atoms with Gasteiger partial charge in [0.25, 0.3) is 5.91 Å². The first-order valence-corrected chi connectivity index (χ1v) is 8.13. The third-order valence-corrected chi connectivity index (χ3v) is 3.85. The molecule has 2 atom stereocenters. The van der Waals surface area contributed by atoms with Gasteiger partial charge in [-0.2, -0.15) is 0 Å². The molecule has 1 aliphatic heterocycles. The third kappa shape index (κ3) is 4.69. The third-order valence-electron chi connectivity index (χ3n) is 3.09. The first-order chi connectivity index (χ1) is 10.3. The number of hydrogen-bond acceptors (Lipinski definition) is 6. The number of carbonyl (C=O) groups is 3. The minimum Gasteiger partial charge on any atom is -0.467 e. The fourth-order valence-corrected chi connectivity index (χ4v) is 2.51. The topological polar surface area (TPSA) is 103 Å². The van der Waals surface area contributed by atoms with E-state index in [4.69, 9.17) is 9.47 Å². The molecular formula is C14H23IN2O6. The van der Waals surface area contributed by atoms with Gasteiger partial charge in [-0.25, -0.2) is 9.59 Å². The van der Waals surface area contributed by atoms with E-state index < -0.39 is 38.8 Å². The predicted molar refractivity (Wildman–Crippen MR) is 90.1 cm³/mol. The van der Waals surface area contributed by atoms with Gasteiger partial charge in [-0.1, -0.05) is 22.6 Å². The van der Waals surface area contributed by atoms with Crippen molar-refractivity contribution in [1.29, 1.82) is 0 Å². The van der Waals surface area contributed by atoms with Crippen LogP contribution in [-0.2, 0) is 23.8 Å². The van der Waals surface area contributed by atoms with Crippen molar-refractivity contribution in [2.75, 3.05) is 13.7 Å². The van der Waals surface area contributed by atoms with E-state index in [1.807, 2.05) is 22.6 Å². The van der Waals surface area contributed by atoms with E-state index in [2.05, 4.69) is 15.4 Å². The van der Waals surface area contributed by atoms with Gasteiger partial charge in [-0.3, -0.25) is 10.1 Å². The number of alkyl carbamates (subject to hydrolysis) is 1. The highest BCUT2D eigenvalue weighted by Crippen LogP contribution is 2.35. The second-order valence-electron chi connectivity index (χ2n) is 6.64. The Kier molecular flexibility index (Phi) is 5.89. The van der Waals surface area contributed by atoms with Gasteiger partial charge in [-0.05, 0) is 34.6 Å². The van der Waals surface area contributed by atoms with Crippen molar-refractivity contribution in [3.8, 4) is 0 Å². The molecule has 1 heterocycles. The van der Waals surface area contributed by atoms with Crippen molar-refractivity contribution in [2.45, 2.75) is 55.4 Å². The van der Waals surface area contributed by atoms with Crippen molar-refractivity contribution < 1.29 is 28.6 Å². The molecule has 0 saturated carbocycles. The summed E-state index contributed by atoms with van der Waals surface area (Å²) in [6.07, 6.45) is -0.783. The summed E-state index contributed by atoms with van der Waals surface area (Å²) < 4.78 is 14.6. The highest BCUT2D eigenvalue weighted by molar-refractivity contribution is 14.1. The molecule has 23 heavy (non-hydrogen) atoms. The number of ether oxygens (including phenoxy) is 3. The summed E-state index contributed by atoms with van der Waals surface area (Å²) in [7, 11) is 1.22. The number of alkyl halides is 1. The Morgan fingerprint density at radius 3 is 2.30 bits per heavy atom. The Hall–Kier alpha value is -1.10. The largest absolute Gasteiger partial charge is 0.467 e. The summed E-state index contributed by atoms with van der Waals surface area (Å²) in [4.78, 5) is 36.2. The SMILES string of the molecule is COC(=O)[C@@H]1CO[C@](NC(=O)OC(C)(C)C)(C(C)(C)I)C(=O)N1. The molecule has 8 nitrogen and oxygen atoms in total. The minimum absolute atomic E-state index is 0.124. The maximum Gasteiger partial charge on any atom is 0.410 e. The molecule has 2 N–H and O–H groups in total. The quantitative estimate of drug-likeness (QED) is 0.386. The van der Waals surface area contributed by atoms with Gasteiger partial charge in [0.15, 0.2) is 6.04 Å². The number of rotatable bonds is 3. The lowest BCUT2D eigenvalue weighted by molar-refractivity contribution is -0.176. The van der Waals surface area contributed by atoms with E-state index in [9.17, 15) is 14.4 Å². The standard InChI is InChI=1S/C14H23IN2O6/c1-12(2,3)23-11(20)17-14(13(4,5)15)10(19)16-8(7-22-14)9(18)21-6/h8H,7H2,1-6H3,(H,16,19)(H,17,20)/t8-,14-/m0/s1. The van der Waals surface area contributed by atoms with Crippen LogP contribution in [0.3, 0.4) is 0 Å². The van der Waals surface area contributed by atoms with Gasteiger partial charge in [0.1, 0.15) is 5.60 Å². The van der Waals surface area contributed by atoms with Crippen LogP contribution in [0.2, 0.25) is 0 Å². The summed E-state index contributed by atoms with van der Waals surface area (Å²) in [6.45, 7) is 8.46. The van der Waals surface area contributed by atoms with E-state index >= 15 is 0 Å². The molecule has 0 aromatic carbocycles. The average molecular weight is 442 g/mol. The van der Waals surface area contributed by atoms with Crippen LogP contribution in [0.25, 0.3) is 0 Å². The molecule has 132 valence electrons. The van der Waals surface area contributed by atoms with Crippen LogP contribution in [0, 0.1) is 0 Å². The van der Waals surface area contributed by atoms with Gasteiger partial charge < -0.3 is 19.5 Å². The summed E-state index contributed by atoms with van der Waals surface area (Å²) >= 11 is 2.00. The van der Waals surface area contributed by atoms with Gasteiger partial charge in [-0.15, -0.1) is 0 Å². The Bertz CT molecular complexity index is 496. The monoisotopic (exact) mass is 442 g/mol. The zero-order valence-electron chi connectivity index (χ0n) is 14.1. The number of carbonyl (C=O) groups excluding carboxylic acids is 3. The molecule has 0 radical (unpaired) electrons. The molecule has 0 unspecified atom stereocenters. The second-order valence-corrected chi connectivity index (χ2v) is 9.34. The fraction of sp³-hybridized carbons (Fsp3) is 0.786. The van der Waals surface area contributed by atoms with Crippen LogP contribution < -0.4 is 10.6 Å². The molecule has 0 aliphatic carbocycles. The normalized spacial score (nSPS) is 25.3. The van der Waals surface area contributed by atoms with Crippen molar-refractivity contribution in [1.82, 2.24) is 10.6 Å². The highest BCUT2D eigenvalue weighted by atomic mass is 127. The summed E-state index contributed by atoms with van der Waals surface area (Å²) in [5.41, 5.74) is -2.39. The molecule has 1 fully saturated rings. The Morgan fingerprint density at radius 2 is 1.91 bits per heavy atom. The first-order valence-electron chi connectivity index (χ1n) is 7.05. The molecule has 2 amide bonds. The van der Waals surface area contributed by atoms with Crippen LogP contribution in [-0.4, -0.2) is 52.5 Å². The van der Waals surface area contributed by atoms with E-state index in [1.165, 1.54) is 7.11 Å². The molecule has 1 aliphatic rings. The van der Waals surface area contributed by atoms with Crippen molar-refractivity contribution in [2.24, 2.45) is 0 Å². The zero-order valence-corrected chi connectivity index (χ0v) is 16.3. The highest BCUT2D eigenvalue weighted by Gasteiger charge is 2.57. The number of morpholine rings is 1. The second kappa shape index (κ2) is 6.80. The predicted octanol–water partition coefficient (Wildman–Crippen LogP) is 1.11. The molecule has 0 aromatic heterocycles. The molecule has 9 heteroatoms. The van der Waals surface area contributed by atoms with E-state index in [0.29, 0.717) is 0 Å². The summed E-state index contributed by atoms with van der Waals surface area (Å²) in [5, 5.41) is 5.02. The van der Waals surface area contributed by atoms with Crippen molar-refractivity contribution in [3.63, 3.8) is 0 Å². The van der Waals surface area contributed by atoms with Crippen LogP contribution in [0.1, 0.15) is 34.6 Å². The summed E-state index contributed by atoms with van der Waals surface area (Å²) in [5.74, 6) is -1.25. The maximum absolute atomic E-state index is 12.6. The van der Waals surface area contributed by atoms with Gasteiger partial charge in [0.05, 0.1) is 17.1 Å². The maximum atomic E-state index is 12.6. The van der Waals surface area contributed by atoms with Crippen LogP contribution >= 0.6 is 22.6 Å². The molecule has 1 saturated heterocycles. The molecule has 0 spiro atoms. The first kappa shape index (κ1) is 19.9. The Balaban J connectivity index is 3.01. The number of hydrogen-bond donors (Lipinski definition) is 2. The van der Waals surface area contributed by atoms with Gasteiger partial charge in [0.2, 0.25) is 5.72 Å². The fourth-order valence-electron chi connectivity index (χ4n) is 1.98. The Labute approximate surface area is 149 Å². The van der Waals surface area contributed by atoms with Crippen molar-refractivity contribution in [3.05, 3.63) is 0 Å². The lowest BCUT2D eigenvalue weighted by atomic mass is 9.96. The van der Waals surface area contributed by atoms with Crippen molar-refractivity contribution >= 4 is 40.6 Å².